The predicted molar refractivity (Wildman–Crippen MR) is 52.4 cm³/mol. The summed E-state index contributed by atoms with van der Waals surface area (Å²) in [5.41, 5.74) is 5.39. The summed E-state index contributed by atoms with van der Waals surface area (Å²) >= 11 is 0. The number of nitrogen functional groups attached to an aromatic ring is 1. The van der Waals surface area contributed by atoms with E-state index < -0.39 is 0 Å². The van der Waals surface area contributed by atoms with Gasteiger partial charge < -0.3 is 10.5 Å². The maximum absolute atomic E-state index is 5.69. The topological polar surface area (TPSA) is 66.0 Å². The Morgan fingerprint density at radius 2 is 2.21 bits per heavy atom. The van der Waals surface area contributed by atoms with Crippen molar-refractivity contribution in [3.63, 3.8) is 0 Å². The van der Waals surface area contributed by atoms with Gasteiger partial charge in [0.2, 0.25) is 5.95 Å². The molecule has 0 amide bonds. The van der Waals surface area contributed by atoms with Gasteiger partial charge in [-0.05, 0) is 12.8 Å². The molecule has 0 radical (unpaired) electrons. The second-order valence-corrected chi connectivity index (χ2v) is 3.70. The van der Waals surface area contributed by atoms with Crippen LogP contribution in [0.2, 0.25) is 0 Å². The van der Waals surface area contributed by atoms with Gasteiger partial charge in [-0.25, -0.2) is 9.67 Å². The Morgan fingerprint density at radius 1 is 1.43 bits per heavy atom. The van der Waals surface area contributed by atoms with Crippen LogP contribution < -0.4 is 5.73 Å². The number of aromatic nitrogens is 3. The molecule has 1 aliphatic rings. The lowest BCUT2D eigenvalue weighted by molar-refractivity contribution is -0.0177. The summed E-state index contributed by atoms with van der Waals surface area (Å²) in [5, 5.41) is 3.95. The van der Waals surface area contributed by atoms with Crippen LogP contribution in [0.4, 0.5) is 5.95 Å². The Hall–Kier alpha value is -1.10. The van der Waals surface area contributed by atoms with Crippen molar-refractivity contribution in [1.82, 2.24) is 14.8 Å². The number of rotatable bonds is 3. The van der Waals surface area contributed by atoms with E-state index in [9.17, 15) is 0 Å². The molecule has 0 bridgehead atoms. The Morgan fingerprint density at radius 3 is 2.86 bits per heavy atom. The van der Waals surface area contributed by atoms with Crippen LogP contribution in [-0.2, 0) is 11.5 Å². The number of hydrogen-bond donors (Lipinski definition) is 1. The largest absolute Gasteiger partial charge is 0.367 e. The Kier molecular flexibility index (Phi) is 2.98. The number of hydrogen-bond acceptors (Lipinski definition) is 4. The average molecular weight is 196 g/mol. The molecule has 1 fully saturated rings. The lowest BCUT2D eigenvalue weighted by atomic mass is 9.98. The fourth-order valence-corrected chi connectivity index (χ4v) is 1.78. The first-order valence-electron chi connectivity index (χ1n) is 5.11. The van der Waals surface area contributed by atoms with Crippen LogP contribution in [0.3, 0.4) is 0 Å². The number of ether oxygens (including phenoxy) is 1. The molecule has 1 heterocycles. The van der Waals surface area contributed by atoms with Gasteiger partial charge in [-0.2, -0.15) is 0 Å². The van der Waals surface area contributed by atoms with Crippen LogP contribution in [0.15, 0.2) is 6.33 Å². The fourth-order valence-electron chi connectivity index (χ4n) is 1.78. The zero-order valence-electron chi connectivity index (χ0n) is 8.22. The highest BCUT2D eigenvalue weighted by molar-refractivity contribution is 5.08. The van der Waals surface area contributed by atoms with E-state index in [2.05, 4.69) is 10.1 Å². The minimum Gasteiger partial charge on any atom is -0.367 e. The first-order chi connectivity index (χ1) is 6.84. The average Bonchev–Trinajstić information content (AvgIpc) is 2.63. The summed E-state index contributed by atoms with van der Waals surface area (Å²) in [5.74, 6) is 0.303. The van der Waals surface area contributed by atoms with Gasteiger partial charge in [0.25, 0.3) is 0 Å². The fraction of sp³-hybridized carbons (Fsp3) is 0.778. The van der Waals surface area contributed by atoms with Crippen LogP contribution in [0.25, 0.3) is 0 Å². The Balaban J connectivity index is 1.76. The van der Waals surface area contributed by atoms with Crippen molar-refractivity contribution in [2.24, 2.45) is 0 Å². The standard InChI is InChI=1S/C9H16N4O/c10-9-11-6-13(12-9)7-14-8-4-2-1-3-5-8/h6,8H,1-5,7H2,(H2,10,12). The summed E-state index contributed by atoms with van der Waals surface area (Å²) in [4.78, 5) is 3.83. The van der Waals surface area contributed by atoms with Crippen LogP contribution in [0.1, 0.15) is 32.1 Å². The molecule has 1 aromatic heterocycles. The van der Waals surface area contributed by atoms with E-state index >= 15 is 0 Å². The molecule has 0 saturated heterocycles. The first kappa shape index (κ1) is 9.45. The molecule has 78 valence electrons. The quantitative estimate of drug-likeness (QED) is 0.788. The highest BCUT2D eigenvalue weighted by Gasteiger charge is 2.13. The minimum atomic E-state index is 0.303. The lowest BCUT2D eigenvalue weighted by Crippen LogP contribution is -2.18. The van der Waals surface area contributed by atoms with Gasteiger partial charge in [0.05, 0.1) is 6.10 Å². The Bertz CT molecular complexity index is 280. The van der Waals surface area contributed by atoms with Crippen LogP contribution in [-0.4, -0.2) is 20.9 Å². The number of nitrogens with two attached hydrogens (primary N) is 1. The monoisotopic (exact) mass is 196 g/mol. The van der Waals surface area contributed by atoms with Crippen molar-refractivity contribution >= 4 is 5.95 Å². The van der Waals surface area contributed by atoms with Crippen molar-refractivity contribution in [2.45, 2.75) is 44.9 Å². The van der Waals surface area contributed by atoms with E-state index in [-0.39, 0.29) is 0 Å². The molecule has 1 saturated carbocycles. The SMILES string of the molecule is Nc1ncn(COC2CCCCC2)n1. The van der Waals surface area contributed by atoms with E-state index in [4.69, 9.17) is 10.5 Å². The van der Waals surface area contributed by atoms with E-state index in [1.54, 1.807) is 11.0 Å². The molecular weight excluding hydrogens is 180 g/mol. The number of anilines is 1. The summed E-state index contributed by atoms with van der Waals surface area (Å²) in [7, 11) is 0. The molecule has 14 heavy (non-hydrogen) atoms. The van der Waals surface area contributed by atoms with Gasteiger partial charge in [0, 0.05) is 0 Å². The molecular formula is C9H16N4O. The van der Waals surface area contributed by atoms with Crippen LogP contribution in [0, 0.1) is 0 Å². The molecule has 1 aromatic rings. The van der Waals surface area contributed by atoms with Crippen molar-refractivity contribution < 1.29 is 4.74 Å². The second kappa shape index (κ2) is 4.41. The van der Waals surface area contributed by atoms with Crippen molar-refractivity contribution in [3.8, 4) is 0 Å². The molecule has 0 unspecified atom stereocenters. The summed E-state index contributed by atoms with van der Waals surface area (Å²) < 4.78 is 7.32. The van der Waals surface area contributed by atoms with Crippen LogP contribution in [0.5, 0.6) is 0 Å². The van der Waals surface area contributed by atoms with Gasteiger partial charge in [-0.3, -0.25) is 0 Å². The molecule has 5 nitrogen and oxygen atoms in total. The van der Waals surface area contributed by atoms with Gasteiger partial charge in [0.15, 0.2) is 0 Å². The molecule has 2 rings (SSSR count). The molecule has 0 atom stereocenters. The smallest absolute Gasteiger partial charge is 0.239 e. The Labute approximate surface area is 83.3 Å². The molecule has 5 heteroatoms. The molecule has 0 spiro atoms. The zero-order valence-corrected chi connectivity index (χ0v) is 8.22. The van der Waals surface area contributed by atoms with Crippen LogP contribution >= 0.6 is 0 Å². The van der Waals surface area contributed by atoms with Gasteiger partial charge >= 0.3 is 0 Å². The van der Waals surface area contributed by atoms with Gasteiger partial charge in [-0.15, -0.1) is 5.10 Å². The molecule has 0 aliphatic heterocycles. The minimum absolute atomic E-state index is 0.303. The second-order valence-electron chi connectivity index (χ2n) is 3.70. The van der Waals surface area contributed by atoms with Crippen molar-refractivity contribution in [1.29, 1.82) is 0 Å². The van der Waals surface area contributed by atoms with Gasteiger partial charge in [0.1, 0.15) is 13.1 Å². The lowest BCUT2D eigenvalue weighted by Gasteiger charge is -2.21. The summed E-state index contributed by atoms with van der Waals surface area (Å²) in [6.07, 6.45) is 8.24. The highest BCUT2D eigenvalue weighted by atomic mass is 16.5. The maximum Gasteiger partial charge on any atom is 0.239 e. The predicted octanol–water partition coefficient (Wildman–Crippen LogP) is 1.17. The third-order valence-corrected chi connectivity index (χ3v) is 2.55. The third-order valence-electron chi connectivity index (χ3n) is 2.55. The van der Waals surface area contributed by atoms with E-state index in [1.165, 1.54) is 32.1 Å². The molecule has 0 aromatic carbocycles. The first-order valence-corrected chi connectivity index (χ1v) is 5.11. The van der Waals surface area contributed by atoms with Crippen molar-refractivity contribution in [3.05, 3.63) is 6.33 Å². The van der Waals surface area contributed by atoms with Crippen molar-refractivity contribution in [2.75, 3.05) is 5.73 Å². The number of nitrogens with zero attached hydrogens (tertiary/aromatic N) is 3. The maximum atomic E-state index is 5.69. The van der Waals surface area contributed by atoms with E-state index in [0.717, 1.165) is 0 Å². The van der Waals surface area contributed by atoms with E-state index in [0.29, 0.717) is 18.8 Å². The zero-order chi connectivity index (χ0) is 9.80. The summed E-state index contributed by atoms with van der Waals surface area (Å²) in [6, 6.07) is 0. The molecule has 2 N–H and O–H groups in total. The third kappa shape index (κ3) is 2.45. The summed E-state index contributed by atoms with van der Waals surface area (Å²) in [6.45, 7) is 0.467. The van der Waals surface area contributed by atoms with E-state index in [1.807, 2.05) is 0 Å². The van der Waals surface area contributed by atoms with Gasteiger partial charge in [-0.1, -0.05) is 19.3 Å². The molecule has 1 aliphatic carbocycles. The normalized spacial score (nSPS) is 18.6. The highest BCUT2D eigenvalue weighted by Crippen LogP contribution is 2.20.